The average molecular weight is 322 g/mol. The van der Waals surface area contributed by atoms with Crippen LogP contribution in [0.3, 0.4) is 0 Å². The Morgan fingerprint density at radius 2 is 1.43 bits per heavy atom. The van der Waals surface area contributed by atoms with Crippen LogP contribution in [0.5, 0.6) is 0 Å². The summed E-state index contributed by atoms with van der Waals surface area (Å²) < 4.78 is 38.5. The van der Waals surface area contributed by atoms with Gasteiger partial charge < -0.3 is 10.6 Å². The summed E-state index contributed by atoms with van der Waals surface area (Å²) in [6.07, 6.45) is -4.63. The molecule has 0 fully saturated rings. The van der Waals surface area contributed by atoms with Crippen LogP contribution in [-0.4, -0.2) is 11.8 Å². The number of rotatable bonds is 2. The van der Waals surface area contributed by atoms with Gasteiger partial charge in [-0.1, -0.05) is 29.8 Å². The highest BCUT2D eigenvalue weighted by molar-refractivity contribution is 6.43. The predicted octanol–water partition coefficient (Wildman–Crippen LogP) is 3.59. The lowest BCUT2D eigenvalue weighted by Gasteiger charge is -2.13. The monoisotopic (exact) mass is 322 g/mol. The van der Waals surface area contributed by atoms with Crippen molar-refractivity contribution in [1.29, 1.82) is 0 Å². The molecule has 2 aromatic rings. The van der Waals surface area contributed by atoms with Gasteiger partial charge in [-0.25, -0.2) is 0 Å². The van der Waals surface area contributed by atoms with E-state index in [0.717, 1.165) is 17.7 Å². The minimum absolute atomic E-state index is 0.375. The molecule has 0 aromatic heterocycles. The number of para-hydroxylation sites is 1. The second-order valence-electron chi connectivity index (χ2n) is 4.82. The van der Waals surface area contributed by atoms with E-state index >= 15 is 0 Å². The highest BCUT2D eigenvalue weighted by Gasteiger charge is 2.34. The molecule has 0 aliphatic heterocycles. The average Bonchev–Trinajstić information content (AvgIpc) is 2.49. The first-order valence-corrected chi connectivity index (χ1v) is 6.62. The van der Waals surface area contributed by atoms with E-state index in [2.05, 4.69) is 5.32 Å². The van der Waals surface area contributed by atoms with Crippen LogP contribution in [-0.2, 0) is 15.8 Å². The van der Waals surface area contributed by atoms with Crippen LogP contribution in [0.15, 0.2) is 48.5 Å². The zero-order valence-electron chi connectivity index (χ0n) is 12.1. The third-order valence-electron chi connectivity index (χ3n) is 3.00. The highest BCUT2D eigenvalue weighted by Crippen LogP contribution is 2.34. The summed E-state index contributed by atoms with van der Waals surface area (Å²) in [5.41, 5.74) is -0.146. The first-order valence-electron chi connectivity index (χ1n) is 6.62. The summed E-state index contributed by atoms with van der Waals surface area (Å²) >= 11 is 0. The van der Waals surface area contributed by atoms with Crippen LogP contribution in [0.2, 0.25) is 0 Å². The molecule has 2 N–H and O–H groups in total. The molecule has 0 saturated carbocycles. The number of hydrogen-bond donors (Lipinski definition) is 2. The van der Waals surface area contributed by atoms with E-state index in [1.54, 1.807) is 24.3 Å². The van der Waals surface area contributed by atoms with Gasteiger partial charge in [0.2, 0.25) is 0 Å². The number of carbonyl (C=O) groups is 2. The van der Waals surface area contributed by atoms with E-state index in [1.807, 2.05) is 12.2 Å². The lowest BCUT2D eigenvalue weighted by molar-refractivity contribution is -0.137. The number of alkyl halides is 3. The van der Waals surface area contributed by atoms with Gasteiger partial charge in [-0.15, -0.1) is 0 Å². The SMILES string of the molecule is Cc1ccc(NC(=O)C(=O)Nc2ccccc2C(F)(F)F)cc1. The number of halogens is 3. The van der Waals surface area contributed by atoms with Crippen LogP contribution in [0.4, 0.5) is 24.5 Å². The normalized spacial score (nSPS) is 11.0. The van der Waals surface area contributed by atoms with Crippen molar-refractivity contribution >= 4 is 23.2 Å². The van der Waals surface area contributed by atoms with E-state index in [-0.39, 0.29) is 0 Å². The van der Waals surface area contributed by atoms with Crippen molar-refractivity contribution in [2.75, 3.05) is 10.6 Å². The molecule has 23 heavy (non-hydrogen) atoms. The van der Waals surface area contributed by atoms with Crippen molar-refractivity contribution < 1.29 is 22.8 Å². The maximum Gasteiger partial charge on any atom is 0.418 e. The van der Waals surface area contributed by atoms with E-state index in [4.69, 9.17) is 0 Å². The van der Waals surface area contributed by atoms with Gasteiger partial charge >= 0.3 is 18.0 Å². The van der Waals surface area contributed by atoms with Gasteiger partial charge in [-0.3, -0.25) is 9.59 Å². The minimum atomic E-state index is -4.63. The van der Waals surface area contributed by atoms with Crippen molar-refractivity contribution in [2.24, 2.45) is 0 Å². The van der Waals surface area contributed by atoms with Gasteiger partial charge in [-0.05, 0) is 31.2 Å². The molecule has 2 amide bonds. The van der Waals surface area contributed by atoms with Gasteiger partial charge in [0.25, 0.3) is 0 Å². The van der Waals surface area contributed by atoms with Gasteiger partial charge in [-0.2, -0.15) is 13.2 Å². The lowest BCUT2D eigenvalue weighted by atomic mass is 10.1. The number of aryl methyl sites for hydroxylation is 1. The molecule has 120 valence electrons. The van der Waals surface area contributed by atoms with Crippen molar-refractivity contribution in [3.8, 4) is 0 Å². The number of carbonyl (C=O) groups excluding carboxylic acids is 2. The smallest absolute Gasteiger partial charge is 0.318 e. The zero-order valence-corrected chi connectivity index (χ0v) is 12.1. The number of anilines is 2. The molecule has 0 heterocycles. The number of hydrogen-bond acceptors (Lipinski definition) is 2. The Hall–Kier alpha value is -2.83. The molecule has 0 unspecified atom stereocenters. The molecule has 4 nitrogen and oxygen atoms in total. The molecule has 0 bridgehead atoms. The molecule has 2 rings (SSSR count). The molecule has 0 atom stereocenters. The fourth-order valence-corrected chi connectivity index (χ4v) is 1.84. The summed E-state index contributed by atoms with van der Waals surface area (Å²) in [5, 5.41) is 4.29. The van der Waals surface area contributed by atoms with E-state index in [9.17, 15) is 22.8 Å². The summed E-state index contributed by atoms with van der Waals surface area (Å²) in [5.74, 6) is -2.23. The first kappa shape index (κ1) is 16.5. The fourth-order valence-electron chi connectivity index (χ4n) is 1.84. The van der Waals surface area contributed by atoms with Gasteiger partial charge in [0, 0.05) is 5.69 Å². The largest absolute Gasteiger partial charge is 0.418 e. The summed E-state index contributed by atoms with van der Waals surface area (Å²) in [4.78, 5) is 23.5. The van der Waals surface area contributed by atoms with E-state index < -0.39 is 29.2 Å². The molecule has 2 aromatic carbocycles. The first-order chi connectivity index (χ1) is 10.8. The third-order valence-corrected chi connectivity index (χ3v) is 3.00. The van der Waals surface area contributed by atoms with Crippen molar-refractivity contribution in [3.63, 3.8) is 0 Å². The van der Waals surface area contributed by atoms with Crippen LogP contribution in [0.1, 0.15) is 11.1 Å². The Kier molecular flexibility index (Phi) is 4.68. The van der Waals surface area contributed by atoms with Crippen LogP contribution < -0.4 is 10.6 Å². The summed E-state index contributed by atoms with van der Waals surface area (Å²) in [6.45, 7) is 1.85. The Balaban J connectivity index is 2.10. The fraction of sp³-hybridized carbons (Fsp3) is 0.125. The molecule has 0 aliphatic carbocycles. The van der Waals surface area contributed by atoms with Gasteiger partial charge in [0.05, 0.1) is 11.3 Å². The van der Waals surface area contributed by atoms with Gasteiger partial charge in [0.15, 0.2) is 0 Å². The molecule has 0 spiro atoms. The number of benzene rings is 2. The number of amides is 2. The predicted molar refractivity (Wildman–Crippen MR) is 79.9 cm³/mol. The van der Waals surface area contributed by atoms with Crippen molar-refractivity contribution in [2.45, 2.75) is 13.1 Å². The van der Waals surface area contributed by atoms with E-state index in [0.29, 0.717) is 5.69 Å². The van der Waals surface area contributed by atoms with Gasteiger partial charge in [0.1, 0.15) is 0 Å². The summed E-state index contributed by atoms with van der Waals surface area (Å²) in [7, 11) is 0. The quantitative estimate of drug-likeness (QED) is 0.830. The highest BCUT2D eigenvalue weighted by atomic mass is 19.4. The minimum Gasteiger partial charge on any atom is -0.318 e. The summed E-state index contributed by atoms with van der Waals surface area (Å²) in [6, 6.07) is 11.1. The van der Waals surface area contributed by atoms with Crippen LogP contribution >= 0.6 is 0 Å². The second-order valence-corrected chi connectivity index (χ2v) is 4.82. The number of nitrogens with one attached hydrogen (secondary N) is 2. The Bertz CT molecular complexity index is 725. The second kappa shape index (κ2) is 6.51. The topological polar surface area (TPSA) is 58.2 Å². The maximum atomic E-state index is 12.8. The third kappa shape index (κ3) is 4.32. The van der Waals surface area contributed by atoms with Crippen molar-refractivity contribution in [3.05, 3.63) is 59.7 Å². The van der Waals surface area contributed by atoms with Crippen LogP contribution in [0.25, 0.3) is 0 Å². The molecule has 0 radical (unpaired) electrons. The molecule has 7 heteroatoms. The van der Waals surface area contributed by atoms with Crippen molar-refractivity contribution in [1.82, 2.24) is 0 Å². The molecule has 0 saturated heterocycles. The Morgan fingerprint density at radius 1 is 0.870 bits per heavy atom. The maximum absolute atomic E-state index is 12.8. The lowest BCUT2D eigenvalue weighted by Crippen LogP contribution is -2.30. The molecular formula is C16H13F3N2O2. The molecular weight excluding hydrogens is 309 g/mol. The van der Waals surface area contributed by atoms with E-state index in [1.165, 1.54) is 12.1 Å². The molecule has 0 aliphatic rings. The Labute approximate surface area is 130 Å². The zero-order chi connectivity index (χ0) is 17.0. The van der Waals surface area contributed by atoms with Crippen LogP contribution in [0, 0.1) is 6.92 Å². The Morgan fingerprint density at radius 3 is 2.04 bits per heavy atom. The standard InChI is InChI=1S/C16H13F3N2O2/c1-10-6-8-11(9-7-10)20-14(22)15(23)21-13-5-3-2-4-12(13)16(17,18)19/h2-9H,1H3,(H,20,22)(H,21,23).